The van der Waals surface area contributed by atoms with Gasteiger partial charge < -0.3 is 10.4 Å². The molecule has 86 valence electrons. The molecule has 0 fully saturated rings. The molecular weight excluding hydrogens is 200 g/mol. The lowest BCUT2D eigenvalue weighted by molar-refractivity contribution is 0.0697. The largest absolute Gasteiger partial charge is 0.388 e. The number of nitrogens with zero attached hydrogens (tertiary/aromatic N) is 1. The fourth-order valence-electron chi connectivity index (χ4n) is 1.31. The zero-order valence-electron chi connectivity index (χ0n) is 10.0. The van der Waals surface area contributed by atoms with Crippen molar-refractivity contribution in [1.29, 1.82) is 5.26 Å². The fourth-order valence-corrected chi connectivity index (χ4v) is 1.31. The summed E-state index contributed by atoms with van der Waals surface area (Å²) in [7, 11) is 0. The van der Waals surface area contributed by atoms with Crippen LogP contribution in [0.2, 0.25) is 0 Å². The molecule has 0 spiro atoms. The van der Waals surface area contributed by atoms with E-state index < -0.39 is 5.60 Å². The predicted octanol–water partition coefficient (Wildman–Crippen LogP) is 2.44. The van der Waals surface area contributed by atoms with E-state index in [0.29, 0.717) is 18.5 Å². The summed E-state index contributed by atoms with van der Waals surface area (Å²) < 4.78 is 0. The van der Waals surface area contributed by atoms with Gasteiger partial charge in [-0.1, -0.05) is 13.0 Å². The summed E-state index contributed by atoms with van der Waals surface area (Å²) in [4.78, 5) is 0. The standard InChI is InChI=1S/C13H18N2O/c1-4-13(3,16)9-15-12-7-10(2)5-6-11(12)8-14/h5-7,15-16H,4,9H2,1-3H3. The molecule has 0 aromatic heterocycles. The first-order valence-corrected chi connectivity index (χ1v) is 5.45. The van der Waals surface area contributed by atoms with Crippen molar-refractivity contribution in [2.24, 2.45) is 0 Å². The van der Waals surface area contributed by atoms with Gasteiger partial charge >= 0.3 is 0 Å². The van der Waals surface area contributed by atoms with Crippen molar-refractivity contribution in [3.8, 4) is 6.07 Å². The van der Waals surface area contributed by atoms with Gasteiger partial charge in [-0.3, -0.25) is 0 Å². The van der Waals surface area contributed by atoms with E-state index in [-0.39, 0.29) is 0 Å². The topological polar surface area (TPSA) is 56.0 Å². The first kappa shape index (κ1) is 12.5. The van der Waals surface area contributed by atoms with E-state index in [0.717, 1.165) is 11.3 Å². The Morgan fingerprint density at radius 3 is 2.75 bits per heavy atom. The predicted molar refractivity (Wildman–Crippen MR) is 65.3 cm³/mol. The summed E-state index contributed by atoms with van der Waals surface area (Å²) in [6, 6.07) is 7.75. The van der Waals surface area contributed by atoms with Gasteiger partial charge in [0, 0.05) is 6.54 Å². The maximum absolute atomic E-state index is 9.87. The Morgan fingerprint density at radius 2 is 2.19 bits per heavy atom. The van der Waals surface area contributed by atoms with E-state index in [1.165, 1.54) is 0 Å². The van der Waals surface area contributed by atoms with Gasteiger partial charge in [0.1, 0.15) is 6.07 Å². The van der Waals surface area contributed by atoms with Crippen LogP contribution in [-0.2, 0) is 0 Å². The van der Waals surface area contributed by atoms with Crippen LogP contribution in [0.3, 0.4) is 0 Å². The Labute approximate surface area is 96.7 Å². The number of nitrogens with one attached hydrogen (secondary N) is 1. The van der Waals surface area contributed by atoms with Crippen molar-refractivity contribution in [1.82, 2.24) is 0 Å². The SMILES string of the molecule is CCC(C)(O)CNc1cc(C)ccc1C#N. The van der Waals surface area contributed by atoms with E-state index in [4.69, 9.17) is 5.26 Å². The molecule has 3 heteroatoms. The van der Waals surface area contributed by atoms with Crippen molar-refractivity contribution in [2.45, 2.75) is 32.8 Å². The molecule has 1 aromatic rings. The molecule has 0 radical (unpaired) electrons. The van der Waals surface area contributed by atoms with Crippen LogP contribution in [0.1, 0.15) is 31.4 Å². The highest BCUT2D eigenvalue weighted by Crippen LogP contribution is 2.18. The molecule has 16 heavy (non-hydrogen) atoms. The van der Waals surface area contributed by atoms with Crippen LogP contribution in [0.4, 0.5) is 5.69 Å². The van der Waals surface area contributed by atoms with Gasteiger partial charge in [-0.25, -0.2) is 0 Å². The van der Waals surface area contributed by atoms with Gasteiger partial charge in [0.25, 0.3) is 0 Å². The summed E-state index contributed by atoms with van der Waals surface area (Å²) in [5.41, 5.74) is 1.75. The minimum Gasteiger partial charge on any atom is -0.388 e. The zero-order valence-corrected chi connectivity index (χ0v) is 10.0. The van der Waals surface area contributed by atoms with Gasteiger partial charge in [-0.05, 0) is 38.0 Å². The number of rotatable bonds is 4. The van der Waals surface area contributed by atoms with E-state index in [1.807, 2.05) is 26.0 Å². The molecule has 1 rings (SSSR count). The monoisotopic (exact) mass is 218 g/mol. The van der Waals surface area contributed by atoms with Crippen molar-refractivity contribution in [3.05, 3.63) is 29.3 Å². The van der Waals surface area contributed by atoms with Gasteiger partial charge in [0.05, 0.1) is 16.9 Å². The molecule has 0 heterocycles. The smallest absolute Gasteiger partial charge is 0.101 e. The Balaban J connectivity index is 2.81. The molecule has 2 N–H and O–H groups in total. The number of aliphatic hydroxyl groups is 1. The second-order valence-corrected chi connectivity index (χ2v) is 4.36. The van der Waals surface area contributed by atoms with E-state index >= 15 is 0 Å². The molecule has 3 nitrogen and oxygen atoms in total. The van der Waals surface area contributed by atoms with Gasteiger partial charge in [-0.15, -0.1) is 0 Å². The third kappa shape index (κ3) is 3.25. The summed E-state index contributed by atoms with van der Waals surface area (Å²) in [6.45, 7) is 6.14. The number of anilines is 1. The zero-order chi connectivity index (χ0) is 12.2. The van der Waals surface area contributed by atoms with Crippen LogP contribution in [0.15, 0.2) is 18.2 Å². The van der Waals surface area contributed by atoms with Crippen LogP contribution in [0.5, 0.6) is 0 Å². The lowest BCUT2D eigenvalue weighted by Crippen LogP contribution is -2.32. The van der Waals surface area contributed by atoms with Gasteiger partial charge in [0.2, 0.25) is 0 Å². The molecule has 0 saturated carbocycles. The molecule has 1 unspecified atom stereocenters. The molecule has 0 saturated heterocycles. The normalized spacial score (nSPS) is 13.9. The number of hydrogen-bond donors (Lipinski definition) is 2. The number of hydrogen-bond acceptors (Lipinski definition) is 3. The van der Waals surface area contributed by atoms with Crippen molar-refractivity contribution < 1.29 is 5.11 Å². The average Bonchev–Trinajstić information content (AvgIpc) is 2.27. The van der Waals surface area contributed by atoms with Crippen LogP contribution in [0.25, 0.3) is 0 Å². The Bertz CT molecular complexity index is 405. The maximum Gasteiger partial charge on any atom is 0.101 e. The summed E-state index contributed by atoms with van der Waals surface area (Å²) in [6.07, 6.45) is 0.674. The van der Waals surface area contributed by atoms with Crippen LogP contribution in [0, 0.1) is 18.3 Å². The molecule has 1 atom stereocenters. The fraction of sp³-hybridized carbons (Fsp3) is 0.462. The molecule has 0 aliphatic heterocycles. The van der Waals surface area contributed by atoms with Gasteiger partial charge in [0.15, 0.2) is 0 Å². The second kappa shape index (κ2) is 5.00. The highest BCUT2D eigenvalue weighted by Gasteiger charge is 2.17. The number of benzene rings is 1. The lowest BCUT2D eigenvalue weighted by atomic mass is 10.0. The van der Waals surface area contributed by atoms with Crippen LogP contribution in [-0.4, -0.2) is 17.3 Å². The van der Waals surface area contributed by atoms with Crippen molar-refractivity contribution in [2.75, 3.05) is 11.9 Å². The number of nitriles is 1. The highest BCUT2D eigenvalue weighted by molar-refractivity contribution is 5.58. The van der Waals surface area contributed by atoms with E-state index in [1.54, 1.807) is 13.0 Å². The first-order chi connectivity index (χ1) is 7.48. The first-order valence-electron chi connectivity index (χ1n) is 5.45. The highest BCUT2D eigenvalue weighted by atomic mass is 16.3. The average molecular weight is 218 g/mol. The summed E-state index contributed by atoms with van der Waals surface area (Å²) in [5.74, 6) is 0. The van der Waals surface area contributed by atoms with Gasteiger partial charge in [-0.2, -0.15) is 5.26 Å². The summed E-state index contributed by atoms with van der Waals surface area (Å²) in [5, 5.41) is 21.9. The van der Waals surface area contributed by atoms with E-state index in [9.17, 15) is 5.11 Å². The minimum atomic E-state index is -0.740. The Morgan fingerprint density at radius 1 is 1.50 bits per heavy atom. The number of aryl methyl sites for hydroxylation is 1. The maximum atomic E-state index is 9.87. The Hall–Kier alpha value is -1.53. The van der Waals surface area contributed by atoms with Crippen LogP contribution >= 0.6 is 0 Å². The Kier molecular flexibility index (Phi) is 3.92. The molecular formula is C13H18N2O. The van der Waals surface area contributed by atoms with Crippen molar-refractivity contribution >= 4 is 5.69 Å². The molecule has 0 bridgehead atoms. The van der Waals surface area contributed by atoms with Crippen molar-refractivity contribution in [3.63, 3.8) is 0 Å². The lowest BCUT2D eigenvalue weighted by Gasteiger charge is -2.22. The quantitative estimate of drug-likeness (QED) is 0.816. The third-order valence-corrected chi connectivity index (χ3v) is 2.72. The van der Waals surface area contributed by atoms with E-state index in [2.05, 4.69) is 11.4 Å². The minimum absolute atomic E-state index is 0.446. The van der Waals surface area contributed by atoms with Crippen LogP contribution < -0.4 is 5.32 Å². The second-order valence-electron chi connectivity index (χ2n) is 4.36. The molecule has 1 aromatic carbocycles. The third-order valence-electron chi connectivity index (χ3n) is 2.72. The molecule has 0 amide bonds. The summed E-state index contributed by atoms with van der Waals surface area (Å²) >= 11 is 0. The molecule has 0 aliphatic carbocycles. The molecule has 0 aliphatic rings.